The summed E-state index contributed by atoms with van der Waals surface area (Å²) in [5.74, 6) is 0. The molecular formula is C11H20N2. The van der Waals surface area contributed by atoms with Gasteiger partial charge in [-0.2, -0.15) is 0 Å². The summed E-state index contributed by atoms with van der Waals surface area (Å²) < 4.78 is 0. The third kappa shape index (κ3) is 2.55. The van der Waals surface area contributed by atoms with E-state index in [1.807, 2.05) is 0 Å². The fraction of sp³-hybridized carbons (Fsp3) is 0.818. The van der Waals surface area contributed by atoms with Crippen molar-refractivity contribution < 1.29 is 0 Å². The summed E-state index contributed by atoms with van der Waals surface area (Å²) in [6, 6.07) is 1.66. The number of nitrogens with zero attached hydrogens (tertiary/aromatic N) is 1. The highest BCUT2D eigenvalue weighted by Crippen LogP contribution is 2.29. The van der Waals surface area contributed by atoms with E-state index in [1.54, 1.807) is 0 Å². The van der Waals surface area contributed by atoms with Gasteiger partial charge >= 0.3 is 0 Å². The fourth-order valence-corrected chi connectivity index (χ4v) is 2.04. The molecule has 0 aromatic heterocycles. The van der Waals surface area contributed by atoms with Gasteiger partial charge in [-0.1, -0.05) is 12.2 Å². The Morgan fingerprint density at radius 2 is 2.23 bits per heavy atom. The van der Waals surface area contributed by atoms with Crippen LogP contribution in [-0.2, 0) is 0 Å². The van der Waals surface area contributed by atoms with Gasteiger partial charge in [-0.15, -0.1) is 0 Å². The van der Waals surface area contributed by atoms with E-state index in [9.17, 15) is 0 Å². The van der Waals surface area contributed by atoms with Crippen molar-refractivity contribution in [2.75, 3.05) is 19.6 Å². The van der Waals surface area contributed by atoms with Crippen molar-refractivity contribution in [1.29, 1.82) is 0 Å². The first-order valence-corrected chi connectivity index (χ1v) is 5.37. The number of nitrogens with one attached hydrogen (secondary N) is 1. The molecule has 1 saturated carbocycles. The predicted molar refractivity (Wildman–Crippen MR) is 55.8 cm³/mol. The van der Waals surface area contributed by atoms with Crippen molar-refractivity contribution in [2.24, 2.45) is 0 Å². The van der Waals surface area contributed by atoms with Gasteiger partial charge in [0.05, 0.1) is 0 Å². The van der Waals surface area contributed by atoms with Crippen LogP contribution in [0.4, 0.5) is 0 Å². The average Bonchev–Trinajstić information content (AvgIpc) is 2.83. The monoisotopic (exact) mass is 180 g/mol. The fourth-order valence-electron chi connectivity index (χ4n) is 2.04. The molecule has 2 aliphatic rings. The maximum Gasteiger partial charge on any atom is 0.0210 e. The molecule has 1 saturated heterocycles. The van der Waals surface area contributed by atoms with Crippen LogP contribution in [0, 0.1) is 0 Å². The van der Waals surface area contributed by atoms with Gasteiger partial charge in [-0.05, 0) is 26.2 Å². The van der Waals surface area contributed by atoms with Gasteiger partial charge in [0.1, 0.15) is 0 Å². The molecule has 1 aliphatic heterocycles. The highest BCUT2D eigenvalue weighted by atomic mass is 15.2. The Morgan fingerprint density at radius 1 is 1.46 bits per heavy atom. The lowest BCUT2D eigenvalue weighted by Gasteiger charge is -2.15. The van der Waals surface area contributed by atoms with Crippen LogP contribution in [0.25, 0.3) is 0 Å². The van der Waals surface area contributed by atoms with Gasteiger partial charge in [0, 0.05) is 31.7 Å². The Kier molecular flexibility index (Phi) is 2.70. The van der Waals surface area contributed by atoms with E-state index in [0.717, 1.165) is 18.6 Å². The topological polar surface area (TPSA) is 15.3 Å². The zero-order valence-corrected chi connectivity index (χ0v) is 8.55. The molecule has 1 unspecified atom stereocenters. The van der Waals surface area contributed by atoms with Crippen LogP contribution < -0.4 is 5.32 Å². The van der Waals surface area contributed by atoms with Gasteiger partial charge in [0.25, 0.3) is 0 Å². The van der Waals surface area contributed by atoms with Crippen molar-refractivity contribution in [3.8, 4) is 0 Å². The Hall–Kier alpha value is -0.340. The number of rotatable bonds is 4. The van der Waals surface area contributed by atoms with E-state index >= 15 is 0 Å². The zero-order chi connectivity index (χ0) is 9.26. The summed E-state index contributed by atoms with van der Waals surface area (Å²) in [5, 5.41) is 3.55. The molecule has 13 heavy (non-hydrogen) atoms. The Labute approximate surface area is 81.0 Å². The second-order valence-electron chi connectivity index (χ2n) is 4.55. The first-order valence-electron chi connectivity index (χ1n) is 5.37. The van der Waals surface area contributed by atoms with Crippen molar-refractivity contribution >= 4 is 0 Å². The molecule has 2 nitrogen and oxygen atoms in total. The second-order valence-corrected chi connectivity index (χ2v) is 4.55. The normalized spacial score (nSPS) is 29.5. The van der Waals surface area contributed by atoms with Crippen molar-refractivity contribution in [1.82, 2.24) is 10.2 Å². The molecule has 0 aromatic carbocycles. The van der Waals surface area contributed by atoms with E-state index in [4.69, 9.17) is 0 Å². The van der Waals surface area contributed by atoms with Crippen LogP contribution in [0.3, 0.4) is 0 Å². The van der Waals surface area contributed by atoms with Crippen LogP contribution in [-0.4, -0.2) is 36.6 Å². The van der Waals surface area contributed by atoms with Gasteiger partial charge in [-0.25, -0.2) is 0 Å². The third-order valence-corrected chi connectivity index (χ3v) is 2.98. The number of hydrogen-bond acceptors (Lipinski definition) is 2. The number of likely N-dealkylation sites (tertiary alicyclic amines) is 1. The first-order chi connectivity index (χ1) is 6.25. The van der Waals surface area contributed by atoms with Gasteiger partial charge in [0.2, 0.25) is 0 Å². The van der Waals surface area contributed by atoms with E-state index in [-0.39, 0.29) is 0 Å². The molecule has 0 amide bonds. The van der Waals surface area contributed by atoms with E-state index < -0.39 is 0 Å². The molecule has 2 rings (SSSR count). The molecule has 2 fully saturated rings. The molecule has 0 radical (unpaired) electrons. The molecule has 2 heteroatoms. The summed E-state index contributed by atoms with van der Waals surface area (Å²) in [4.78, 5) is 2.64. The maximum absolute atomic E-state index is 3.91. The average molecular weight is 180 g/mol. The van der Waals surface area contributed by atoms with Gasteiger partial charge in [-0.3, -0.25) is 4.90 Å². The SMILES string of the molecule is C=C(C)CNC1CCN(C2CC2)C1. The van der Waals surface area contributed by atoms with Crippen molar-refractivity contribution in [2.45, 2.75) is 38.3 Å². The number of hydrogen-bond donors (Lipinski definition) is 1. The van der Waals surface area contributed by atoms with E-state index in [1.165, 1.54) is 37.9 Å². The van der Waals surface area contributed by atoms with Crippen molar-refractivity contribution in [3.63, 3.8) is 0 Å². The van der Waals surface area contributed by atoms with Gasteiger partial charge in [0.15, 0.2) is 0 Å². The molecule has 1 heterocycles. The highest BCUT2D eigenvalue weighted by Gasteiger charge is 2.33. The standard InChI is InChI=1S/C11H20N2/c1-9(2)7-12-10-5-6-13(8-10)11-3-4-11/h10-12H,1,3-8H2,2H3. The minimum absolute atomic E-state index is 0.720. The molecule has 1 N–H and O–H groups in total. The summed E-state index contributed by atoms with van der Waals surface area (Å²) in [5.41, 5.74) is 1.24. The summed E-state index contributed by atoms with van der Waals surface area (Å²) in [6.07, 6.45) is 4.20. The van der Waals surface area contributed by atoms with Crippen molar-refractivity contribution in [3.05, 3.63) is 12.2 Å². The Morgan fingerprint density at radius 3 is 2.85 bits per heavy atom. The minimum Gasteiger partial charge on any atom is -0.309 e. The van der Waals surface area contributed by atoms with Crippen LogP contribution in [0.2, 0.25) is 0 Å². The van der Waals surface area contributed by atoms with Crippen LogP contribution in [0.15, 0.2) is 12.2 Å². The molecule has 0 aromatic rings. The minimum atomic E-state index is 0.720. The lowest BCUT2D eigenvalue weighted by molar-refractivity contribution is 0.318. The molecule has 1 atom stereocenters. The summed E-state index contributed by atoms with van der Waals surface area (Å²) in [6.45, 7) is 9.55. The van der Waals surface area contributed by atoms with E-state index in [0.29, 0.717) is 0 Å². The maximum atomic E-state index is 3.91. The van der Waals surface area contributed by atoms with Crippen LogP contribution in [0.5, 0.6) is 0 Å². The highest BCUT2D eigenvalue weighted by molar-refractivity contribution is 4.96. The first kappa shape index (κ1) is 9.22. The van der Waals surface area contributed by atoms with E-state index in [2.05, 4.69) is 23.7 Å². The summed E-state index contributed by atoms with van der Waals surface area (Å²) >= 11 is 0. The Balaban J connectivity index is 1.68. The molecule has 74 valence electrons. The largest absolute Gasteiger partial charge is 0.309 e. The van der Waals surface area contributed by atoms with Gasteiger partial charge < -0.3 is 5.32 Å². The predicted octanol–water partition coefficient (Wildman–Crippen LogP) is 1.39. The quantitative estimate of drug-likeness (QED) is 0.658. The zero-order valence-electron chi connectivity index (χ0n) is 8.55. The molecule has 0 spiro atoms. The molecular weight excluding hydrogens is 160 g/mol. The molecule has 1 aliphatic carbocycles. The summed E-state index contributed by atoms with van der Waals surface area (Å²) in [7, 11) is 0. The van der Waals surface area contributed by atoms with Crippen LogP contribution >= 0.6 is 0 Å². The Bertz CT molecular complexity index is 196. The smallest absolute Gasteiger partial charge is 0.0210 e. The lowest BCUT2D eigenvalue weighted by atomic mass is 10.2. The molecule has 0 bridgehead atoms. The lowest BCUT2D eigenvalue weighted by Crippen LogP contribution is -2.34. The third-order valence-electron chi connectivity index (χ3n) is 2.98. The van der Waals surface area contributed by atoms with Crippen LogP contribution in [0.1, 0.15) is 26.2 Å². The second kappa shape index (κ2) is 3.81.